The van der Waals surface area contributed by atoms with Gasteiger partial charge in [0.2, 0.25) is 0 Å². The lowest BCUT2D eigenvalue weighted by Crippen LogP contribution is -2.15. The van der Waals surface area contributed by atoms with E-state index in [2.05, 4.69) is 6.92 Å². The van der Waals surface area contributed by atoms with Crippen molar-refractivity contribution >= 4 is 5.97 Å². The van der Waals surface area contributed by atoms with Gasteiger partial charge in [0.25, 0.3) is 0 Å². The molecule has 0 unspecified atom stereocenters. The van der Waals surface area contributed by atoms with Gasteiger partial charge in [0.1, 0.15) is 0 Å². The fraction of sp³-hybridized carbons (Fsp3) is 0.972. The van der Waals surface area contributed by atoms with Gasteiger partial charge in [-0.3, -0.25) is 4.79 Å². The molecule has 0 aromatic heterocycles. The van der Waals surface area contributed by atoms with Crippen molar-refractivity contribution in [1.29, 1.82) is 0 Å². The van der Waals surface area contributed by atoms with E-state index in [0.717, 1.165) is 13.0 Å². The molecule has 0 saturated heterocycles. The van der Waals surface area contributed by atoms with Gasteiger partial charge in [0.15, 0.2) is 0 Å². The Morgan fingerprint density at radius 2 is 0.562 bits per heavy atom. The minimum Gasteiger partial charge on any atom is -0.466 e. The lowest BCUT2D eigenvalue weighted by molar-refractivity contribution is -0.144. The Kier molecular flexibility index (Phi) is 43.2. The maximum absolute atomic E-state index is 11.2. The normalized spacial score (nSPS) is 11.5. The third-order valence-corrected chi connectivity index (χ3v) is 7.00. The van der Waals surface area contributed by atoms with Crippen molar-refractivity contribution in [3.05, 3.63) is 0 Å². The second-order valence-electron chi connectivity index (χ2n) is 11.2. The highest BCUT2D eigenvalue weighted by atomic mass is 16.6. The van der Waals surface area contributed by atoms with E-state index in [-0.39, 0.29) is 12.4 Å². The van der Waals surface area contributed by atoms with E-state index in [9.17, 15) is 4.79 Å². The van der Waals surface area contributed by atoms with Crippen molar-refractivity contribution in [2.24, 2.45) is 0 Å². The molecule has 0 N–H and O–H groups in total. The Hall–Kier alpha value is -0.930. The Labute approximate surface area is 292 Å². The Morgan fingerprint density at radius 3 is 0.854 bits per heavy atom. The first-order chi connectivity index (χ1) is 23.8. The molecule has 0 rings (SSSR count). The molecule has 0 aliphatic rings. The van der Waals surface area contributed by atoms with Crippen LogP contribution in [0.4, 0.5) is 0 Å². The first-order valence-electron chi connectivity index (χ1n) is 18.7. The molecule has 0 spiro atoms. The van der Waals surface area contributed by atoms with Crippen LogP contribution >= 0.6 is 0 Å². The van der Waals surface area contributed by atoms with Gasteiger partial charge in [-0.25, -0.2) is 0 Å². The fourth-order valence-electron chi connectivity index (χ4n) is 4.34. The van der Waals surface area contributed by atoms with E-state index >= 15 is 0 Å². The van der Waals surface area contributed by atoms with Crippen LogP contribution in [-0.4, -0.2) is 145 Å². The first-order valence-corrected chi connectivity index (χ1v) is 18.7. The summed E-state index contributed by atoms with van der Waals surface area (Å²) < 4.78 is 59.6. The molecule has 0 fully saturated rings. The molecule has 0 saturated carbocycles. The Balaban J connectivity index is 3.06. The van der Waals surface area contributed by atoms with E-state index in [4.69, 9.17) is 52.1 Å². The van der Waals surface area contributed by atoms with Gasteiger partial charge in [-0.05, 0) is 13.3 Å². The number of ether oxygens (including phenoxy) is 11. The van der Waals surface area contributed by atoms with Crippen LogP contribution in [-0.2, 0) is 56.9 Å². The van der Waals surface area contributed by atoms with Gasteiger partial charge in [0, 0.05) is 6.61 Å². The molecule has 12 heteroatoms. The molecule has 0 aromatic carbocycles. The van der Waals surface area contributed by atoms with Crippen molar-refractivity contribution in [3.8, 4) is 0 Å². The average molecular weight is 697 g/mol. The number of carbonyl (C=O) groups excluding carboxylic acids is 1. The minimum absolute atomic E-state index is 0.247. The van der Waals surface area contributed by atoms with Gasteiger partial charge in [-0.15, -0.1) is 0 Å². The van der Waals surface area contributed by atoms with Gasteiger partial charge in [0.05, 0.1) is 139 Å². The summed E-state index contributed by atoms with van der Waals surface area (Å²) in [5.41, 5.74) is 0. The third kappa shape index (κ3) is 43.1. The highest BCUT2D eigenvalue weighted by molar-refractivity contribution is 5.69. The van der Waals surface area contributed by atoms with Crippen LogP contribution in [0.15, 0.2) is 0 Å². The molecule has 288 valence electrons. The number of esters is 1. The molecule has 0 radical (unpaired) electrons. The van der Waals surface area contributed by atoms with Crippen LogP contribution in [0.1, 0.15) is 90.9 Å². The predicted octanol–water partition coefficient (Wildman–Crippen LogP) is 5.42. The van der Waals surface area contributed by atoms with E-state index in [1.165, 1.54) is 64.2 Å². The molecular weight excluding hydrogens is 624 g/mol. The molecule has 48 heavy (non-hydrogen) atoms. The number of hydrogen-bond acceptors (Lipinski definition) is 12. The maximum atomic E-state index is 11.2. The van der Waals surface area contributed by atoms with Crippen molar-refractivity contribution in [2.75, 3.05) is 139 Å². The van der Waals surface area contributed by atoms with Crippen LogP contribution < -0.4 is 0 Å². The lowest BCUT2D eigenvalue weighted by atomic mass is 10.1. The summed E-state index contributed by atoms with van der Waals surface area (Å²) in [6.07, 6.45) is 15.1. The topological polar surface area (TPSA) is 119 Å². The van der Waals surface area contributed by atoms with Crippen LogP contribution in [0.25, 0.3) is 0 Å². The van der Waals surface area contributed by atoms with Gasteiger partial charge in [-0.2, -0.15) is 0 Å². The van der Waals surface area contributed by atoms with E-state index in [1.54, 1.807) is 6.92 Å². The monoisotopic (exact) mass is 697 g/mol. The van der Waals surface area contributed by atoms with Gasteiger partial charge >= 0.3 is 5.97 Å². The first kappa shape index (κ1) is 47.1. The highest BCUT2D eigenvalue weighted by Crippen LogP contribution is 2.11. The summed E-state index contributed by atoms with van der Waals surface area (Å²) in [7, 11) is 0. The zero-order valence-electron chi connectivity index (χ0n) is 30.7. The van der Waals surface area contributed by atoms with Crippen molar-refractivity contribution in [2.45, 2.75) is 90.9 Å². The predicted molar refractivity (Wildman–Crippen MR) is 186 cm³/mol. The largest absolute Gasteiger partial charge is 0.466 e. The highest BCUT2D eigenvalue weighted by Gasteiger charge is 2.01. The summed E-state index contributed by atoms with van der Waals surface area (Å²) in [6, 6.07) is 0. The van der Waals surface area contributed by atoms with Crippen molar-refractivity contribution in [3.63, 3.8) is 0 Å². The minimum atomic E-state index is -0.247. The van der Waals surface area contributed by atoms with E-state index in [0.29, 0.717) is 132 Å². The fourth-order valence-corrected chi connectivity index (χ4v) is 4.34. The summed E-state index contributed by atoms with van der Waals surface area (Å²) in [5.74, 6) is -0.247. The summed E-state index contributed by atoms with van der Waals surface area (Å²) in [5, 5.41) is 0. The molecule has 0 aromatic rings. The zero-order chi connectivity index (χ0) is 34.7. The molecular formula is C36H72O12. The van der Waals surface area contributed by atoms with Crippen molar-refractivity contribution in [1.82, 2.24) is 0 Å². The summed E-state index contributed by atoms with van der Waals surface area (Å²) in [6.45, 7) is 15.0. The molecule has 0 aliphatic heterocycles. The van der Waals surface area contributed by atoms with Crippen LogP contribution in [0.3, 0.4) is 0 Å². The van der Waals surface area contributed by atoms with Gasteiger partial charge in [-0.1, -0.05) is 71.1 Å². The number of hydrogen-bond donors (Lipinski definition) is 0. The molecule has 0 bridgehead atoms. The van der Waals surface area contributed by atoms with Crippen LogP contribution in [0.5, 0.6) is 0 Å². The number of rotatable bonds is 43. The quantitative estimate of drug-likeness (QED) is 0.0599. The molecule has 0 heterocycles. The summed E-state index contributed by atoms with van der Waals surface area (Å²) in [4.78, 5) is 11.2. The molecule has 12 nitrogen and oxygen atoms in total. The second kappa shape index (κ2) is 44.1. The number of unbranched alkanes of at least 4 members (excludes halogenated alkanes) is 10. The van der Waals surface area contributed by atoms with Crippen molar-refractivity contribution < 1.29 is 56.9 Å². The maximum Gasteiger partial charge on any atom is 0.308 e. The zero-order valence-corrected chi connectivity index (χ0v) is 30.7. The van der Waals surface area contributed by atoms with Gasteiger partial charge < -0.3 is 52.1 Å². The second-order valence-corrected chi connectivity index (χ2v) is 11.2. The third-order valence-electron chi connectivity index (χ3n) is 7.00. The van der Waals surface area contributed by atoms with E-state index in [1.807, 2.05) is 0 Å². The molecule has 0 atom stereocenters. The summed E-state index contributed by atoms with van der Waals surface area (Å²) >= 11 is 0. The SMILES string of the molecule is CCCCCCCCCCCCCOCCOCCOCCOCCOCCOCCOCCOCCOCCOCCC(=O)OCC. The standard InChI is InChI=1S/C36H72O12/c1-3-5-6-7-8-9-10-11-12-13-14-16-38-18-20-40-22-24-42-26-28-44-30-32-46-34-35-47-33-31-45-29-27-43-25-23-41-21-19-39-17-15-36(37)48-4-2/h3-35H2,1-2H3. The van der Waals surface area contributed by atoms with E-state index < -0.39 is 0 Å². The Morgan fingerprint density at radius 1 is 0.312 bits per heavy atom. The average Bonchev–Trinajstić information content (AvgIpc) is 3.09. The molecule has 0 amide bonds. The van der Waals surface area contributed by atoms with Crippen LogP contribution in [0.2, 0.25) is 0 Å². The lowest BCUT2D eigenvalue weighted by Gasteiger charge is -2.09. The molecule has 0 aliphatic carbocycles. The Bertz CT molecular complexity index is 599. The smallest absolute Gasteiger partial charge is 0.308 e. The number of carbonyl (C=O) groups is 1. The van der Waals surface area contributed by atoms with Crippen LogP contribution in [0, 0.1) is 0 Å².